The number of benzene rings is 2. The number of nitrogens with two attached hydrogens (primary N) is 1. The fourth-order valence-corrected chi connectivity index (χ4v) is 1.56. The van der Waals surface area contributed by atoms with Crippen molar-refractivity contribution in [1.29, 1.82) is 0 Å². The molecule has 0 saturated carbocycles. The van der Waals surface area contributed by atoms with Gasteiger partial charge in [-0.15, -0.1) is 0 Å². The molecule has 0 fully saturated rings. The molecule has 0 aliphatic carbocycles. The van der Waals surface area contributed by atoms with Crippen LogP contribution in [0.3, 0.4) is 0 Å². The first kappa shape index (κ1) is 10.4. The summed E-state index contributed by atoms with van der Waals surface area (Å²) in [6.45, 7) is 0. The van der Waals surface area contributed by atoms with E-state index < -0.39 is 0 Å². The molecule has 3 nitrogen and oxygen atoms in total. The first-order valence-electron chi connectivity index (χ1n) is 4.93. The number of ether oxygens (including phenoxy) is 1. The highest BCUT2D eigenvalue weighted by molar-refractivity contribution is 5.72. The smallest absolute Gasteiger partial charge is 0.125 e. The fourth-order valence-electron chi connectivity index (χ4n) is 1.56. The number of nitrogen functional groups attached to an aromatic ring is 1. The zero-order chi connectivity index (χ0) is 11.5. The van der Waals surface area contributed by atoms with E-state index in [-0.39, 0.29) is 5.75 Å². The molecule has 0 aliphatic rings. The van der Waals surface area contributed by atoms with Crippen molar-refractivity contribution in [3.8, 4) is 22.6 Å². The van der Waals surface area contributed by atoms with Gasteiger partial charge >= 0.3 is 0 Å². The molecule has 0 radical (unpaired) electrons. The van der Waals surface area contributed by atoms with Crippen LogP contribution in [0.1, 0.15) is 0 Å². The summed E-state index contributed by atoms with van der Waals surface area (Å²) in [5.74, 6) is 0.976. The van der Waals surface area contributed by atoms with Gasteiger partial charge in [-0.25, -0.2) is 0 Å². The number of methoxy groups -OCH3 is 1. The van der Waals surface area contributed by atoms with Gasteiger partial charge in [0.2, 0.25) is 0 Å². The van der Waals surface area contributed by atoms with Crippen LogP contribution in [0.5, 0.6) is 11.5 Å². The van der Waals surface area contributed by atoms with Crippen molar-refractivity contribution in [3.05, 3.63) is 42.5 Å². The van der Waals surface area contributed by atoms with Crippen LogP contribution in [0, 0.1) is 0 Å². The van der Waals surface area contributed by atoms with Crippen molar-refractivity contribution in [2.24, 2.45) is 0 Å². The molecule has 0 bridgehead atoms. The third-order valence-electron chi connectivity index (χ3n) is 2.42. The standard InChI is InChI=1S/C13H13NO2/c1-16-11-5-2-9(3-6-11)12-7-4-10(14)8-13(12)15/h2-8,15H,14H2,1H3. The number of phenolic OH excluding ortho intramolecular Hbond substituents is 1. The fraction of sp³-hybridized carbons (Fsp3) is 0.0769. The van der Waals surface area contributed by atoms with Gasteiger partial charge in [0.15, 0.2) is 0 Å². The maximum atomic E-state index is 9.76. The summed E-state index contributed by atoms with van der Waals surface area (Å²) in [5.41, 5.74) is 7.81. The van der Waals surface area contributed by atoms with E-state index in [4.69, 9.17) is 10.5 Å². The minimum absolute atomic E-state index is 0.185. The Labute approximate surface area is 94.1 Å². The van der Waals surface area contributed by atoms with Crippen molar-refractivity contribution in [1.82, 2.24) is 0 Å². The van der Waals surface area contributed by atoms with Crippen LogP contribution >= 0.6 is 0 Å². The molecular weight excluding hydrogens is 202 g/mol. The molecule has 0 heterocycles. The molecule has 3 N–H and O–H groups in total. The molecule has 82 valence electrons. The van der Waals surface area contributed by atoms with E-state index in [1.807, 2.05) is 24.3 Å². The highest BCUT2D eigenvalue weighted by Gasteiger charge is 2.04. The average molecular weight is 215 g/mol. The lowest BCUT2D eigenvalue weighted by Gasteiger charge is -2.06. The SMILES string of the molecule is COc1ccc(-c2ccc(N)cc2O)cc1. The van der Waals surface area contributed by atoms with Gasteiger partial charge in [0.25, 0.3) is 0 Å². The molecule has 0 saturated heterocycles. The summed E-state index contributed by atoms with van der Waals surface area (Å²) in [6.07, 6.45) is 0. The Morgan fingerprint density at radius 2 is 1.75 bits per heavy atom. The van der Waals surface area contributed by atoms with Gasteiger partial charge in [-0.3, -0.25) is 0 Å². The Kier molecular flexibility index (Phi) is 2.68. The third-order valence-corrected chi connectivity index (χ3v) is 2.42. The molecule has 2 rings (SSSR count). The van der Waals surface area contributed by atoms with Crippen molar-refractivity contribution >= 4 is 5.69 Å². The predicted octanol–water partition coefficient (Wildman–Crippen LogP) is 2.65. The monoisotopic (exact) mass is 215 g/mol. The number of phenols is 1. The lowest BCUT2D eigenvalue weighted by Crippen LogP contribution is -1.86. The van der Waals surface area contributed by atoms with Gasteiger partial charge in [0, 0.05) is 17.3 Å². The molecule has 0 atom stereocenters. The van der Waals surface area contributed by atoms with Crippen LogP contribution in [-0.2, 0) is 0 Å². The van der Waals surface area contributed by atoms with Gasteiger partial charge in [0.05, 0.1) is 7.11 Å². The summed E-state index contributed by atoms with van der Waals surface area (Å²) >= 11 is 0. The Hall–Kier alpha value is -2.16. The van der Waals surface area contributed by atoms with E-state index >= 15 is 0 Å². The van der Waals surface area contributed by atoms with Crippen LogP contribution < -0.4 is 10.5 Å². The number of hydrogen-bond acceptors (Lipinski definition) is 3. The second kappa shape index (κ2) is 4.14. The summed E-state index contributed by atoms with van der Waals surface area (Å²) in [6, 6.07) is 12.6. The van der Waals surface area contributed by atoms with E-state index in [0.717, 1.165) is 16.9 Å². The number of hydrogen-bond donors (Lipinski definition) is 2. The topological polar surface area (TPSA) is 55.5 Å². The van der Waals surface area contributed by atoms with Crippen LogP contribution in [0.25, 0.3) is 11.1 Å². The van der Waals surface area contributed by atoms with Crippen molar-refractivity contribution < 1.29 is 9.84 Å². The Morgan fingerprint density at radius 3 is 2.31 bits per heavy atom. The van der Waals surface area contributed by atoms with Crippen molar-refractivity contribution in [3.63, 3.8) is 0 Å². The van der Waals surface area contributed by atoms with Gasteiger partial charge in [-0.05, 0) is 29.8 Å². The normalized spacial score (nSPS) is 10.1. The Morgan fingerprint density at radius 1 is 1.06 bits per heavy atom. The van der Waals surface area contributed by atoms with Crippen molar-refractivity contribution in [2.75, 3.05) is 12.8 Å². The van der Waals surface area contributed by atoms with E-state index in [1.165, 1.54) is 0 Å². The van der Waals surface area contributed by atoms with Gasteiger partial charge in [-0.1, -0.05) is 12.1 Å². The maximum Gasteiger partial charge on any atom is 0.125 e. The number of aromatic hydroxyl groups is 1. The van der Waals surface area contributed by atoms with Crippen molar-refractivity contribution in [2.45, 2.75) is 0 Å². The predicted molar refractivity (Wildman–Crippen MR) is 64.5 cm³/mol. The largest absolute Gasteiger partial charge is 0.507 e. The molecular formula is C13H13NO2. The third kappa shape index (κ3) is 1.93. The van der Waals surface area contributed by atoms with Gasteiger partial charge in [-0.2, -0.15) is 0 Å². The molecule has 0 spiro atoms. The lowest BCUT2D eigenvalue weighted by atomic mass is 10.0. The first-order chi connectivity index (χ1) is 7.70. The molecule has 2 aromatic carbocycles. The second-order valence-electron chi connectivity index (χ2n) is 3.51. The highest BCUT2D eigenvalue weighted by atomic mass is 16.5. The van der Waals surface area contributed by atoms with Crippen LogP contribution in [0.15, 0.2) is 42.5 Å². The van der Waals surface area contributed by atoms with E-state index in [9.17, 15) is 5.11 Å². The first-order valence-corrected chi connectivity index (χ1v) is 4.93. The molecule has 0 unspecified atom stereocenters. The molecule has 0 aromatic heterocycles. The quantitative estimate of drug-likeness (QED) is 0.757. The van der Waals surface area contributed by atoms with E-state index in [0.29, 0.717) is 5.69 Å². The van der Waals surface area contributed by atoms with E-state index in [1.54, 1.807) is 25.3 Å². The average Bonchev–Trinajstić information content (AvgIpc) is 2.29. The zero-order valence-corrected chi connectivity index (χ0v) is 8.97. The van der Waals surface area contributed by atoms with Crippen LogP contribution in [-0.4, -0.2) is 12.2 Å². The van der Waals surface area contributed by atoms with Crippen LogP contribution in [0.4, 0.5) is 5.69 Å². The maximum absolute atomic E-state index is 9.76. The van der Waals surface area contributed by atoms with E-state index in [2.05, 4.69) is 0 Å². The summed E-state index contributed by atoms with van der Waals surface area (Å²) in [4.78, 5) is 0. The summed E-state index contributed by atoms with van der Waals surface area (Å²) in [7, 11) is 1.62. The lowest BCUT2D eigenvalue weighted by molar-refractivity contribution is 0.415. The number of rotatable bonds is 2. The van der Waals surface area contributed by atoms with Crippen LogP contribution in [0.2, 0.25) is 0 Å². The number of anilines is 1. The van der Waals surface area contributed by atoms with Gasteiger partial charge in [0.1, 0.15) is 11.5 Å². The minimum atomic E-state index is 0.185. The highest BCUT2D eigenvalue weighted by Crippen LogP contribution is 2.31. The Balaban J connectivity index is 2.42. The minimum Gasteiger partial charge on any atom is -0.507 e. The molecule has 3 heteroatoms. The molecule has 2 aromatic rings. The molecule has 0 amide bonds. The summed E-state index contributed by atoms with van der Waals surface area (Å²) < 4.78 is 5.07. The molecule has 16 heavy (non-hydrogen) atoms. The Bertz CT molecular complexity index is 492. The van der Waals surface area contributed by atoms with Gasteiger partial charge < -0.3 is 15.6 Å². The summed E-state index contributed by atoms with van der Waals surface area (Å²) in [5, 5.41) is 9.76. The zero-order valence-electron chi connectivity index (χ0n) is 8.97. The molecule has 0 aliphatic heterocycles. The second-order valence-corrected chi connectivity index (χ2v) is 3.51.